The van der Waals surface area contributed by atoms with Gasteiger partial charge in [-0.3, -0.25) is 9.69 Å². The molecule has 156 valence electrons. The molecule has 2 aromatic carbocycles. The SMILES string of the molecule is COC(=O)CCN1CC[C@@](C)(c2cccc(O)c2)[C@@H](C)[C@H]1[C@H](O)c1ccccc1. The number of aromatic hydroxyl groups is 1. The second-order valence-corrected chi connectivity index (χ2v) is 8.21. The van der Waals surface area contributed by atoms with Gasteiger partial charge in [-0.1, -0.05) is 56.3 Å². The Morgan fingerprint density at radius 2 is 1.97 bits per heavy atom. The molecule has 0 amide bonds. The zero-order chi connectivity index (χ0) is 21.0. The lowest BCUT2D eigenvalue weighted by molar-refractivity contribution is -0.141. The van der Waals surface area contributed by atoms with Crippen molar-refractivity contribution in [1.82, 2.24) is 4.90 Å². The number of aliphatic hydroxyl groups excluding tert-OH is 1. The molecule has 5 nitrogen and oxygen atoms in total. The lowest BCUT2D eigenvalue weighted by Gasteiger charge is -2.52. The number of phenols is 1. The van der Waals surface area contributed by atoms with Gasteiger partial charge in [0, 0.05) is 12.6 Å². The number of aliphatic hydroxyl groups is 1. The summed E-state index contributed by atoms with van der Waals surface area (Å²) in [6.45, 7) is 5.66. The lowest BCUT2D eigenvalue weighted by Crippen LogP contribution is -2.56. The van der Waals surface area contributed by atoms with Gasteiger partial charge in [0.25, 0.3) is 0 Å². The largest absolute Gasteiger partial charge is 0.508 e. The standard InChI is InChI=1S/C24H31NO4/c1-17-22(23(28)18-8-5-4-6-9-18)25(14-12-21(27)29-3)15-13-24(17,2)19-10-7-11-20(26)16-19/h4-11,16-17,22-23,26,28H,12-15H2,1-3H3/t17-,22-,23+,24+/m0/s1. The number of ether oxygens (including phenoxy) is 1. The predicted octanol–water partition coefficient (Wildman–Crippen LogP) is 3.66. The van der Waals surface area contributed by atoms with E-state index in [-0.39, 0.29) is 29.1 Å². The summed E-state index contributed by atoms with van der Waals surface area (Å²) in [5.41, 5.74) is 1.73. The molecule has 1 saturated heterocycles. The third kappa shape index (κ3) is 4.46. The Bertz CT molecular complexity index is 825. The highest BCUT2D eigenvalue weighted by atomic mass is 16.5. The van der Waals surface area contributed by atoms with Crippen molar-refractivity contribution in [2.75, 3.05) is 20.2 Å². The minimum atomic E-state index is -0.680. The Hall–Kier alpha value is -2.37. The maximum atomic E-state index is 11.7. The number of nitrogens with zero attached hydrogens (tertiary/aromatic N) is 1. The normalized spacial score (nSPS) is 26.1. The highest BCUT2D eigenvalue weighted by Crippen LogP contribution is 2.46. The molecule has 0 saturated carbocycles. The van der Waals surface area contributed by atoms with Crippen molar-refractivity contribution < 1.29 is 19.7 Å². The third-order valence-corrected chi connectivity index (χ3v) is 6.66. The highest BCUT2D eigenvalue weighted by molar-refractivity contribution is 5.69. The van der Waals surface area contributed by atoms with E-state index in [2.05, 4.69) is 18.7 Å². The molecule has 2 aromatic rings. The van der Waals surface area contributed by atoms with Crippen LogP contribution in [0, 0.1) is 5.92 Å². The van der Waals surface area contributed by atoms with Crippen LogP contribution < -0.4 is 0 Å². The monoisotopic (exact) mass is 397 g/mol. The summed E-state index contributed by atoms with van der Waals surface area (Å²) in [4.78, 5) is 13.9. The number of phenolic OH excluding ortho intramolecular Hbond substituents is 1. The molecule has 1 heterocycles. The number of hydrogen-bond acceptors (Lipinski definition) is 5. The number of esters is 1. The molecule has 1 aliphatic heterocycles. The van der Waals surface area contributed by atoms with Gasteiger partial charge in [0.1, 0.15) is 5.75 Å². The molecular formula is C24H31NO4. The van der Waals surface area contributed by atoms with Crippen molar-refractivity contribution in [2.45, 2.75) is 44.2 Å². The highest BCUT2D eigenvalue weighted by Gasteiger charge is 2.47. The van der Waals surface area contributed by atoms with Crippen LogP contribution in [0.15, 0.2) is 54.6 Å². The average molecular weight is 398 g/mol. The number of carbonyl (C=O) groups is 1. The van der Waals surface area contributed by atoms with E-state index < -0.39 is 6.10 Å². The van der Waals surface area contributed by atoms with Crippen molar-refractivity contribution in [1.29, 1.82) is 0 Å². The van der Waals surface area contributed by atoms with Crippen molar-refractivity contribution in [3.8, 4) is 5.75 Å². The van der Waals surface area contributed by atoms with Crippen LogP contribution in [0.4, 0.5) is 0 Å². The number of hydrogen-bond donors (Lipinski definition) is 2. The van der Waals surface area contributed by atoms with Gasteiger partial charge in [0.15, 0.2) is 0 Å². The van der Waals surface area contributed by atoms with Crippen molar-refractivity contribution in [3.63, 3.8) is 0 Å². The molecule has 0 spiro atoms. The Labute approximate surface area is 172 Å². The van der Waals surface area contributed by atoms with Crippen LogP contribution in [0.2, 0.25) is 0 Å². The first-order chi connectivity index (χ1) is 13.9. The molecular weight excluding hydrogens is 366 g/mol. The third-order valence-electron chi connectivity index (χ3n) is 6.66. The average Bonchev–Trinajstić information content (AvgIpc) is 2.74. The number of benzene rings is 2. The van der Waals surface area contributed by atoms with E-state index in [1.165, 1.54) is 7.11 Å². The number of likely N-dealkylation sites (tertiary alicyclic amines) is 1. The second kappa shape index (κ2) is 8.97. The van der Waals surface area contributed by atoms with Crippen LogP contribution in [-0.2, 0) is 14.9 Å². The maximum absolute atomic E-state index is 11.7. The number of rotatable bonds is 6. The Kier molecular flexibility index (Phi) is 6.60. The van der Waals surface area contributed by atoms with E-state index >= 15 is 0 Å². The quantitative estimate of drug-likeness (QED) is 0.728. The smallest absolute Gasteiger partial charge is 0.306 e. The van der Waals surface area contributed by atoms with E-state index in [4.69, 9.17) is 4.74 Å². The lowest BCUT2D eigenvalue weighted by atomic mass is 9.63. The van der Waals surface area contributed by atoms with Crippen LogP contribution in [0.5, 0.6) is 5.75 Å². The molecule has 1 aliphatic rings. The van der Waals surface area contributed by atoms with Crippen molar-refractivity contribution >= 4 is 5.97 Å². The summed E-state index contributed by atoms with van der Waals surface area (Å²) < 4.78 is 4.82. The van der Waals surface area contributed by atoms with Gasteiger partial charge in [0.2, 0.25) is 0 Å². The summed E-state index contributed by atoms with van der Waals surface area (Å²) in [6, 6.07) is 16.9. The Morgan fingerprint density at radius 1 is 1.24 bits per heavy atom. The fraction of sp³-hybridized carbons (Fsp3) is 0.458. The van der Waals surface area contributed by atoms with E-state index in [0.717, 1.165) is 24.1 Å². The van der Waals surface area contributed by atoms with Gasteiger partial charge in [0.05, 0.1) is 19.6 Å². The first-order valence-electron chi connectivity index (χ1n) is 10.2. The van der Waals surface area contributed by atoms with E-state index in [9.17, 15) is 15.0 Å². The molecule has 0 unspecified atom stereocenters. The minimum absolute atomic E-state index is 0.0888. The second-order valence-electron chi connectivity index (χ2n) is 8.21. The van der Waals surface area contributed by atoms with Gasteiger partial charge in [-0.25, -0.2) is 0 Å². The van der Waals surface area contributed by atoms with Crippen LogP contribution in [0.25, 0.3) is 0 Å². The zero-order valence-electron chi connectivity index (χ0n) is 17.4. The predicted molar refractivity (Wildman–Crippen MR) is 113 cm³/mol. The molecule has 0 bridgehead atoms. The molecule has 0 radical (unpaired) electrons. The van der Waals surface area contributed by atoms with Crippen LogP contribution in [0.1, 0.15) is 43.9 Å². The molecule has 5 heteroatoms. The van der Waals surface area contributed by atoms with Crippen molar-refractivity contribution in [2.24, 2.45) is 5.92 Å². The molecule has 1 fully saturated rings. The van der Waals surface area contributed by atoms with E-state index in [1.807, 2.05) is 48.5 Å². The van der Waals surface area contributed by atoms with Gasteiger partial charge in [-0.15, -0.1) is 0 Å². The Balaban J connectivity index is 1.94. The number of piperidine rings is 1. The maximum Gasteiger partial charge on any atom is 0.306 e. The van der Waals surface area contributed by atoms with Gasteiger partial charge >= 0.3 is 5.97 Å². The minimum Gasteiger partial charge on any atom is -0.508 e. The summed E-state index contributed by atoms with van der Waals surface area (Å²) in [7, 11) is 1.40. The fourth-order valence-electron chi connectivity index (χ4n) is 4.63. The molecule has 3 rings (SSSR count). The Morgan fingerprint density at radius 3 is 2.62 bits per heavy atom. The van der Waals surface area contributed by atoms with E-state index in [0.29, 0.717) is 13.0 Å². The van der Waals surface area contributed by atoms with Crippen molar-refractivity contribution in [3.05, 3.63) is 65.7 Å². The zero-order valence-corrected chi connectivity index (χ0v) is 17.4. The molecule has 29 heavy (non-hydrogen) atoms. The molecule has 0 aliphatic carbocycles. The topological polar surface area (TPSA) is 70.0 Å². The van der Waals surface area contributed by atoms with Gasteiger partial charge in [-0.05, 0) is 47.6 Å². The summed E-state index contributed by atoms with van der Waals surface area (Å²) in [5.74, 6) is 0.0991. The van der Waals surface area contributed by atoms with E-state index in [1.54, 1.807) is 6.07 Å². The number of methoxy groups -OCH3 is 1. The van der Waals surface area contributed by atoms with Crippen LogP contribution >= 0.6 is 0 Å². The van der Waals surface area contributed by atoms with Crippen LogP contribution in [-0.4, -0.2) is 47.3 Å². The van der Waals surface area contributed by atoms with Gasteiger partial charge < -0.3 is 14.9 Å². The first kappa shape index (κ1) is 21.3. The van der Waals surface area contributed by atoms with Gasteiger partial charge in [-0.2, -0.15) is 0 Å². The fourth-order valence-corrected chi connectivity index (χ4v) is 4.63. The number of carbonyl (C=O) groups excluding carboxylic acids is 1. The first-order valence-corrected chi connectivity index (χ1v) is 10.2. The molecule has 0 aromatic heterocycles. The summed E-state index contributed by atoms with van der Waals surface area (Å²) in [5, 5.41) is 21.3. The summed E-state index contributed by atoms with van der Waals surface area (Å²) in [6.07, 6.45) is 0.488. The molecule has 2 N–H and O–H groups in total. The van der Waals surface area contributed by atoms with Crippen LogP contribution in [0.3, 0.4) is 0 Å². The summed E-state index contributed by atoms with van der Waals surface area (Å²) >= 11 is 0. The molecule has 4 atom stereocenters.